The van der Waals surface area contributed by atoms with E-state index in [-0.39, 0.29) is 5.96 Å². The minimum atomic E-state index is -0.130. The Hall–Kier alpha value is -2.84. The molecule has 0 bridgehead atoms. The highest BCUT2D eigenvalue weighted by atomic mass is 15.3. The number of nitrogens with two attached hydrogens (primary N) is 3. The van der Waals surface area contributed by atoms with Crippen molar-refractivity contribution in [1.82, 2.24) is 9.97 Å². The van der Waals surface area contributed by atoms with Gasteiger partial charge in [0.2, 0.25) is 5.96 Å². The number of hydrogen-bond donors (Lipinski definition) is 3. The number of rotatable bonds is 4. The molecule has 0 amide bonds. The largest absolute Gasteiger partial charge is 0.388 e. The SMILES string of the molecule is NC=N/N=C/c1cc(/C=N/N=C(N)N)ncn1. The van der Waals surface area contributed by atoms with Crippen LogP contribution in [-0.4, -0.2) is 34.7 Å². The fourth-order valence-electron chi connectivity index (χ4n) is 0.815. The van der Waals surface area contributed by atoms with Gasteiger partial charge in [0, 0.05) is 0 Å². The fraction of sp³-hybridized carbons (Fsp3) is 0. The zero-order chi connectivity index (χ0) is 12.5. The molecule has 0 aliphatic heterocycles. The third-order valence-electron chi connectivity index (χ3n) is 1.40. The van der Waals surface area contributed by atoms with E-state index in [1.807, 2.05) is 0 Å². The average molecular weight is 233 g/mol. The number of aromatic nitrogens is 2. The summed E-state index contributed by atoms with van der Waals surface area (Å²) in [5, 5.41) is 14.1. The van der Waals surface area contributed by atoms with Crippen molar-refractivity contribution in [3.63, 3.8) is 0 Å². The summed E-state index contributed by atoms with van der Waals surface area (Å²) in [6, 6.07) is 1.63. The van der Waals surface area contributed by atoms with Crippen LogP contribution in [-0.2, 0) is 0 Å². The molecule has 0 saturated carbocycles. The third kappa shape index (κ3) is 4.97. The molecule has 0 unspecified atom stereocenters. The van der Waals surface area contributed by atoms with Gasteiger partial charge < -0.3 is 17.2 Å². The maximum Gasteiger partial charge on any atom is 0.211 e. The molecule has 0 saturated heterocycles. The van der Waals surface area contributed by atoms with E-state index in [1.165, 1.54) is 18.8 Å². The monoisotopic (exact) mass is 233 g/mol. The number of hydrogen-bond acceptors (Lipinski definition) is 6. The predicted molar refractivity (Wildman–Crippen MR) is 65.7 cm³/mol. The molecule has 9 nitrogen and oxygen atoms in total. The number of guanidine groups is 1. The van der Waals surface area contributed by atoms with Crippen LogP contribution in [0.25, 0.3) is 0 Å². The maximum absolute atomic E-state index is 5.10. The predicted octanol–water partition coefficient (Wildman–Crippen LogP) is -1.60. The van der Waals surface area contributed by atoms with Crippen molar-refractivity contribution in [3.05, 3.63) is 23.8 Å². The normalized spacial score (nSPS) is 11.5. The molecule has 0 aliphatic carbocycles. The van der Waals surface area contributed by atoms with E-state index in [0.29, 0.717) is 11.4 Å². The molecule has 1 aromatic heterocycles. The Labute approximate surface area is 96.9 Å². The highest BCUT2D eigenvalue weighted by Gasteiger charge is 1.93. The van der Waals surface area contributed by atoms with Crippen LogP contribution in [0.2, 0.25) is 0 Å². The summed E-state index contributed by atoms with van der Waals surface area (Å²) in [6.45, 7) is 0. The molecule has 0 atom stereocenters. The first-order valence-corrected chi connectivity index (χ1v) is 4.43. The van der Waals surface area contributed by atoms with Gasteiger partial charge in [-0.05, 0) is 6.07 Å². The lowest BCUT2D eigenvalue weighted by molar-refractivity contribution is 1.13. The fourth-order valence-corrected chi connectivity index (χ4v) is 0.815. The Morgan fingerprint density at radius 1 is 1.06 bits per heavy atom. The first-order chi connectivity index (χ1) is 8.22. The van der Waals surface area contributed by atoms with Crippen LogP contribution in [0.15, 0.2) is 32.8 Å². The van der Waals surface area contributed by atoms with Gasteiger partial charge in [0.25, 0.3) is 0 Å². The van der Waals surface area contributed by atoms with Crippen LogP contribution in [0.5, 0.6) is 0 Å². The van der Waals surface area contributed by atoms with Gasteiger partial charge in [-0.3, -0.25) is 0 Å². The lowest BCUT2D eigenvalue weighted by atomic mass is 10.3. The topological polar surface area (TPSA) is 153 Å². The Bertz CT molecular complexity index is 470. The van der Waals surface area contributed by atoms with E-state index in [1.54, 1.807) is 6.07 Å². The molecule has 0 fully saturated rings. The summed E-state index contributed by atoms with van der Waals surface area (Å²) in [6.07, 6.45) is 5.22. The van der Waals surface area contributed by atoms with Crippen molar-refractivity contribution < 1.29 is 0 Å². The van der Waals surface area contributed by atoms with Gasteiger partial charge in [0.15, 0.2) is 0 Å². The number of nitrogens with zero attached hydrogens (tertiary/aromatic N) is 6. The summed E-state index contributed by atoms with van der Waals surface area (Å²) >= 11 is 0. The first-order valence-electron chi connectivity index (χ1n) is 4.43. The highest BCUT2D eigenvalue weighted by Crippen LogP contribution is 1.93. The molecule has 0 radical (unpaired) electrons. The Kier molecular flexibility index (Phi) is 4.75. The molecule has 17 heavy (non-hydrogen) atoms. The van der Waals surface area contributed by atoms with Gasteiger partial charge in [-0.1, -0.05) is 0 Å². The summed E-state index contributed by atoms with van der Waals surface area (Å²) in [5.74, 6) is -0.130. The van der Waals surface area contributed by atoms with Crippen molar-refractivity contribution in [2.45, 2.75) is 0 Å². The molecule has 0 spiro atoms. The van der Waals surface area contributed by atoms with Gasteiger partial charge in [-0.2, -0.15) is 10.2 Å². The first kappa shape index (κ1) is 12.2. The van der Waals surface area contributed by atoms with E-state index in [0.717, 1.165) is 6.34 Å². The quantitative estimate of drug-likeness (QED) is 0.325. The molecule has 1 aromatic rings. The van der Waals surface area contributed by atoms with Crippen LogP contribution in [0.3, 0.4) is 0 Å². The minimum Gasteiger partial charge on any atom is -0.388 e. The molecule has 6 N–H and O–H groups in total. The summed E-state index contributed by atoms with van der Waals surface area (Å²) in [7, 11) is 0. The van der Waals surface area contributed by atoms with Gasteiger partial charge in [-0.15, -0.1) is 10.2 Å². The van der Waals surface area contributed by atoms with Crippen LogP contribution in [0, 0.1) is 0 Å². The highest BCUT2D eigenvalue weighted by molar-refractivity contribution is 5.83. The molecule has 0 aromatic carbocycles. The molecular weight excluding hydrogens is 222 g/mol. The van der Waals surface area contributed by atoms with E-state index in [4.69, 9.17) is 17.2 Å². The van der Waals surface area contributed by atoms with Crippen molar-refractivity contribution in [2.75, 3.05) is 0 Å². The molecule has 1 rings (SSSR count). The van der Waals surface area contributed by atoms with Crippen LogP contribution >= 0.6 is 0 Å². The van der Waals surface area contributed by atoms with Gasteiger partial charge in [-0.25, -0.2) is 9.97 Å². The van der Waals surface area contributed by atoms with Gasteiger partial charge in [0.05, 0.1) is 23.8 Å². The van der Waals surface area contributed by atoms with E-state index in [2.05, 4.69) is 30.4 Å². The lowest BCUT2D eigenvalue weighted by Crippen LogP contribution is -2.21. The minimum absolute atomic E-state index is 0.130. The molecule has 88 valence electrons. The van der Waals surface area contributed by atoms with Gasteiger partial charge >= 0.3 is 0 Å². The Morgan fingerprint density at radius 2 is 1.71 bits per heavy atom. The lowest BCUT2D eigenvalue weighted by Gasteiger charge is -1.92. The van der Waals surface area contributed by atoms with Crippen molar-refractivity contribution >= 4 is 24.7 Å². The van der Waals surface area contributed by atoms with Crippen LogP contribution in [0.4, 0.5) is 0 Å². The molecular formula is C8H11N9. The maximum atomic E-state index is 5.10. The molecule has 1 heterocycles. The second-order valence-electron chi connectivity index (χ2n) is 2.65. The van der Waals surface area contributed by atoms with E-state index >= 15 is 0 Å². The average Bonchev–Trinajstić information content (AvgIpc) is 2.29. The van der Waals surface area contributed by atoms with E-state index in [9.17, 15) is 0 Å². The van der Waals surface area contributed by atoms with Crippen molar-refractivity contribution in [3.8, 4) is 0 Å². The zero-order valence-corrected chi connectivity index (χ0v) is 8.80. The van der Waals surface area contributed by atoms with E-state index < -0.39 is 0 Å². The standard InChI is InChI=1S/C8H11N9/c9-4-16-14-2-6-1-7(13-5-12-6)3-15-17-8(10)11/h1-5H,(H2,9,16)(H4,10,11,17)/b14-2+,15-3+. The zero-order valence-electron chi connectivity index (χ0n) is 8.80. The van der Waals surface area contributed by atoms with Gasteiger partial charge in [0.1, 0.15) is 12.7 Å². The molecule has 9 heteroatoms. The van der Waals surface area contributed by atoms with Crippen molar-refractivity contribution in [1.29, 1.82) is 0 Å². The second-order valence-corrected chi connectivity index (χ2v) is 2.65. The third-order valence-corrected chi connectivity index (χ3v) is 1.40. The van der Waals surface area contributed by atoms with Crippen LogP contribution < -0.4 is 17.2 Å². The van der Waals surface area contributed by atoms with Crippen LogP contribution in [0.1, 0.15) is 11.4 Å². The second kappa shape index (κ2) is 6.61. The summed E-state index contributed by atoms with van der Waals surface area (Å²) in [4.78, 5) is 7.86. The smallest absolute Gasteiger partial charge is 0.211 e. The summed E-state index contributed by atoms with van der Waals surface area (Å²) < 4.78 is 0. The molecule has 0 aliphatic rings. The Morgan fingerprint density at radius 3 is 2.29 bits per heavy atom. The summed E-state index contributed by atoms with van der Waals surface area (Å²) in [5.41, 5.74) is 16.3. The Balaban J connectivity index is 2.79. The van der Waals surface area contributed by atoms with Crippen molar-refractivity contribution in [2.24, 2.45) is 37.6 Å².